The summed E-state index contributed by atoms with van der Waals surface area (Å²) in [5.74, 6) is 0.908. The summed E-state index contributed by atoms with van der Waals surface area (Å²) in [5.41, 5.74) is 0. The molecule has 0 aromatic carbocycles. The second-order valence-electron chi connectivity index (χ2n) is 4.81. The average Bonchev–Trinajstić information content (AvgIpc) is 2.08. The molecular formula is C11H24N+. The van der Waals surface area contributed by atoms with E-state index in [2.05, 4.69) is 34.7 Å². The molecule has 1 heterocycles. The molecular weight excluding hydrogens is 146 g/mol. The Morgan fingerprint density at radius 2 is 1.75 bits per heavy atom. The normalized spacial score (nSPS) is 49.2. The molecule has 1 nitrogen and oxygen atoms in total. The van der Waals surface area contributed by atoms with Crippen LogP contribution in [0.15, 0.2) is 0 Å². The van der Waals surface area contributed by atoms with Gasteiger partial charge in [0.05, 0.1) is 25.7 Å². The van der Waals surface area contributed by atoms with Crippen LogP contribution in [0.1, 0.15) is 40.5 Å². The molecule has 0 aliphatic carbocycles. The van der Waals surface area contributed by atoms with E-state index in [1.54, 1.807) is 0 Å². The molecule has 0 aromatic heterocycles. The molecule has 1 aliphatic rings. The molecule has 0 bridgehead atoms. The van der Waals surface area contributed by atoms with Crippen molar-refractivity contribution in [1.82, 2.24) is 0 Å². The van der Waals surface area contributed by atoms with Crippen LogP contribution in [-0.4, -0.2) is 30.2 Å². The van der Waals surface area contributed by atoms with Crippen LogP contribution in [0.5, 0.6) is 0 Å². The molecule has 12 heavy (non-hydrogen) atoms. The first-order valence-electron chi connectivity index (χ1n) is 5.37. The van der Waals surface area contributed by atoms with Gasteiger partial charge in [0.25, 0.3) is 0 Å². The number of hydrogen-bond donors (Lipinski definition) is 0. The summed E-state index contributed by atoms with van der Waals surface area (Å²) in [6.45, 7) is 10.8. The third-order valence-electron chi connectivity index (χ3n) is 4.48. The van der Waals surface area contributed by atoms with Crippen molar-refractivity contribution in [2.24, 2.45) is 5.92 Å². The van der Waals surface area contributed by atoms with Crippen molar-refractivity contribution >= 4 is 0 Å². The lowest BCUT2D eigenvalue weighted by molar-refractivity contribution is -0.960. The lowest BCUT2D eigenvalue weighted by Crippen LogP contribution is -2.61. The highest BCUT2D eigenvalue weighted by molar-refractivity contribution is 4.72. The molecule has 1 rings (SSSR count). The van der Waals surface area contributed by atoms with Gasteiger partial charge >= 0.3 is 0 Å². The molecule has 72 valence electrons. The standard InChI is InChI=1S/C11H24N/c1-6-12(5)10(3)8-7-9(2)11(12)4/h9-11H,6-8H2,1-5H3/q+1. The van der Waals surface area contributed by atoms with Gasteiger partial charge in [-0.3, -0.25) is 0 Å². The SMILES string of the molecule is CC[N+]1(C)C(C)CCC(C)C1C. The van der Waals surface area contributed by atoms with Crippen LogP contribution in [0.4, 0.5) is 0 Å². The van der Waals surface area contributed by atoms with Gasteiger partial charge in [0.2, 0.25) is 0 Å². The van der Waals surface area contributed by atoms with E-state index in [0.29, 0.717) is 0 Å². The Bertz CT molecular complexity index is 155. The quantitative estimate of drug-likeness (QED) is 0.531. The van der Waals surface area contributed by atoms with Crippen LogP contribution in [0.2, 0.25) is 0 Å². The molecule has 1 fully saturated rings. The predicted molar refractivity (Wildman–Crippen MR) is 54.0 cm³/mol. The largest absolute Gasteiger partial charge is 0.322 e. The van der Waals surface area contributed by atoms with Gasteiger partial charge in [-0.2, -0.15) is 0 Å². The fourth-order valence-electron chi connectivity index (χ4n) is 2.62. The van der Waals surface area contributed by atoms with E-state index in [0.717, 1.165) is 18.0 Å². The van der Waals surface area contributed by atoms with E-state index in [1.165, 1.54) is 23.9 Å². The Balaban J connectivity index is 2.78. The summed E-state index contributed by atoms with van der Waals surface area (Å²) < 4.78 is 1.28. The first-order valence-corrected chi connectivity index (χ1v) is 5.37. The highest BCUT2D eigenvalue weighted by atomic mass is 15.4. The maximum Gasteiger partial charge on any atom is 0.0887 e. The number of hydrogen-bond acceptors (Lipinski definition) is 0. The zero-order chi connectivity index (χ0) is 9.35. The third-order valence-corrected chi connectivity index (χ3v) is 4.48. The first kappa shape index (κ1) is 10.0. The molecule has 0 aromatic rings. The van der Waals surface area contributed by atoms with E-state index < -0.39 is 0 Å². The molecule has 0 spiro atoms. The molecule has 1 heteroatoms. The first-order chi connectivity index (χ1) is 5.52. The van der Waals surface area contributed by atoms with Gasteiger partial charge in [-0.15, -0.1) is 0 Å². The Labute approximate surface area is 77.4 Å². The third kappa shape index (κ3) is 1.39. The predicted octanol–water partition coefficient (Wildman–Crippen LogP) is 2.66. The summed E-state index contributed by atoms with van der Waals surface area (Å²) in [6, 6.07) is 1.71. The summed E-state index contributed by atoms with van der Waals surface area (Å²) in [4.78, 5) is 0. The number of quaternary nitrogens is 1. The summed E-state index contributed by atoms with van der Waals surface area (Å²) in [6.07, 6.45) is 2.84. The molecule has 4 unspecified atom stereocenters. The number of likely N-dealkylation sites (tertiary alicyclic amines) is 1. The van der Waals surface area contributed by atoms with Gasteiger partial charge < -0.3 is 4.48 Å². The van der Waals surface area contributed by atoms with E-state index in [1.807, 2.05) is 0 Å². The van der Waals surface area contributed by atoms with Crippen LogP contribution >= 0.6 is 0 Å². The molecule has 0 amide bonds. The van der Waals surface area contributed by atoms with E-state index in [4.69, 9.17) is 0 Å². The second-order valence-corrected chi connectivity index (χ2v) is 4.81. The molecule has 1 saturated heterocycles. The molecule has 4 atom stereocenters. The topological polar surface area (TPSA) is 0 Å². The Morgan fingerprint density at radius 3 is 2.17 bits per heavy atom. The van der Waals surface area contributed by atoms with Crippen LogP contribution in [0, 0.1) is 5.92 Å². The van der Waals surface area contributed by atoms with Crippen molar-refractivity contribution in [3.8, 4) is 0 Å². The van der Waals surface area contributed by atoms with Crippen molar-refractivity contribution in [3.63, 3.8) is 0 Å². The molecule has 0 saturated carbocycles. The molecule has 0 N–H and O–H groups in total. The number of piperidine rings is 1. The molecule has 1 aliphatic heterocycles. The van der Waals surface area contributed by atoms with Crippen LogP contribution in [0.3, 0.4) is 0 Å². The Morgan fingerprint density at radius 1 is 1.17 bits per heavy atom. The number of rotatable bonds is 1. The summed E-state index contributed by atoms with van der Waals surface area (Å²) in [5, 5.41) is 0. The lowest BCUT2D eigenvalue weighted by atomic mass is 9.86. The van der Waals surface area contributed by atoms with Gasteiger partial charge in [-0.05, 0) is 33.6 Å². The van der Waals surface area contributed by atoms with Gasteiger partial charge in [-0.1, -0.05) is 6.92 Å². The Hall–Kier alpha value is -0.0400. The zero-order valence-electron chi connectivity index (χ0n) is 9.30. The van der Waals surface area contributed by atoms with E-state index in [-0.39, 0.29) is 0 Å². The highest BCUT2D eigenvalue weighted by Gasteiger charge is 2.40. The van der Waals surface area contributed by atoms with Crippen molar-refractivity contribution in [1.29, 1.82) is 0 Å². The maximum atomic E-state index is 2.42. The van der Waals surface area contributed by atoms with Crippen molar-refractivity contribution in [2.75, 3.05) is 13.6 Å². The minimum atomic E-state index is 0.846. The van der Waals surface area contributed by atoms with Crippen molar-refractivity contribution < 1.29 is 4.48 Å². The van der Waals surface area contributed by atoms with Gasteiger partial charge in [0.1, 0.15) is 0 Å². The maximum absolute atomic E-state index is 2.42. The van der Waals surface area contributed by atoms with E-state index in [9.17, 15) is 0 Å². The van der Waals surface area contributed by atoms with Crippen molar-refractivity contribution in [3.05, 3.63) is 0 Å². The minimum Gasteiger partial charge on any atom is -0.322 e. The van der Waals surface area contributed by atoms with Crippen LogP contribution in [0.25, 0.3) is 0 Å². The zero-order valence-corrected chi connectivity index (χ0v) is 9.30. The smallest absolute Gasteiger partial charge is 0.0887 e. The average molecular weight is 170 g/mol. The minimum absolute atomic E-state index is 0.846. The summed E-state index contributed by atoms with van der Waals surface area (Å²) >= 11 is 0. The van der Waals surface area contributed by atoms with Gasteiger partial charge in [-0.25, -0.2) is 0 Å². The van der Waals surface area contributed by atoms with Crippen LogP contribution in [-0.2, 0) is 0 Å². The van der Waals surface area contributed by atoms with Crippen LogP contribution < -0.4 is 0 Å². The fourth-order valence-corrected chi connectivity index (χ4v) is 2.62. The monoisotopic (exact) mass is 170 g/mol. The number of nitrogens with zero attached hydrogens (tertiary/aromatic N) is 1. The van der Waals surface area contributed by atoms with E-state index >= 15 is 0 Å². The summed E-state index contributed by atoms with van der Waals surface area (Å²) in [7, 11) is 2.42. The van der Waals surface area contributed by atoms with Gasteiger partial charge in [0.15, 0.2) is 0 Å². The lowest BCUT2D eigenvalue weighted by Gasteiger charge is -2.50. The highest BCUT2D eigenvalue weighted by Crippen LogP contribution is 2.32. The fraction of sp³-hybridized carbons (Fsp3) is 1.00. The van der Waals surface area contributed by atoms with Crippen molar-refractivity contribution in [2.45, 2.75) is 52.6 Å². The second kappa shape index (κ2) is 3.37. The Kier molecular flexibility index (Phi) is 2.82. The molecule has 0 radical (unpaired) electrons. The van der Waals surface area contributed by atoms with Gasteiger partial charge in [0, 0.05) is 5.92 Å².